The highest BCUT2D eigenvalue weighted by molar-refractivity contribution is 5.75. The second kappa shape index (κ2) is 6.88. The maximum atomic E-state index is 11.7. The van der Waals surface area contributed by atoms with Gasteiger partial charge in [0, 0.05) is 11.6 Å². The lowest BCUT2D eigenvalue weighted by atomic mass is 10.1. The van der Waals surface area contributed by atoms with Crippen molar-refractivity contribution in [1.29, 1.82) is 0 Å². The van der Waals surface area contributed by atoms with Crippen LogP contribution in [0.25, 0.3) is 0 Å². The van der Waals surface area contributed by atoms with Crippen LogP contribution in [0.1, 0.15) is 31.4 Å². The van der Waals surface area contributed by atoms with Gasteiger partial charge in [-0.05, 0) is 38.8 Å². The molecule has 0 radical (unpaired) electrons. The van der Waals surface area contributed by atoms with E-state index in [4.69, 9.17) is 9.47 Å². The van der Waals surface area contributed by atoms with Crippen LogP contribution in [0.3, 0.4) is 0 Å². The summed E-state index contributed by atoms with van der Waals surface area (Å²) in [5.41, 5.74) is 1.15. The third-order valence-corrected chi connectivity index (χ3v) is 2.88. The number of nitro groups is 1. The van der Waals surface area contributed by atoms with Gasteiger partial charge in [-0.1, -0.05) is 6.92 Å². The van der Waals surface area contributed by atoms with Crippen molar-refractivity contribution in [2.75, 3.05) is 6.61 Å². The zero-order chi connectivity index (χ0) is 15.3. The first kappa shape index (κ1) is 15.9. The standard InChI is InChI=1S/C14H19NO5/c1-5-12(14(16)19-6-2)20-13-8-9(3)11(15(17)18)7-10(13)4/h7-8,12H,5-6H2,1-4H3. The summed E-state index contributed by atoms with van der Waals surface area (Å²) in [6.45, 7) is 7.17. The largest absolute Gasteiger partial charge is 0.478 e. The van der Waals surface area contributed by atoms with Gasteiger partial charge in [0.05, 0.1) is 11.5 Å². The smallest absolute Gasteiger partial charge is 0.347 e. The van der Waals surface area contributed by atoms with Gasteiger partial charge in [-0.15, -0.1) is 0 Å². The SMILES string of the molecule is CCOC(=O)C(CC)Oc1cc(C)c([N+](=O)[O-])cc1C. The number of nitrogens with zero attached hydrogens (tertiary/aromatic N) is 1. The Morgan fingerprint density at radius 1 is 1.30 bits per heavy atom. The second-order valence-corrected chi connectivity index (χ2v) is 4.43. The van der Waals surface area contributed by atoms with Crippen molar-refractivity contribution in [3.63, 3.8) is 0 Å². The molecule has 0 bridgehead atoms. The van der Waals surface area contributed by atoms with Gasteiger partial charge < -0.3 is 9.47 Å². The van der Waals surface area contributed by atoms with Crippen molar-refractivity contribution in [3.05, 3.63) is 33.4 Å². The van der Waals surface area contributed by atoms with Crippen LogP contribution in [0.2, 0.25) is 0 Å². The van der Waals surface area contributed by atoms with Gasteiger partial charge in [-0.2, -0.15) is 0 Å². The first-order chi connectivity index (χ1) is 9.40. The van der Waals surface area contributed by atoms with Crippen LogP contribution in [-0.2, 0) is 9.53 Å². The van der Waals surface area contributed by atoms with Gasteiger partial charge >= 0.3 is 5.97 Å². The molecule has 0 aliphatic heterocycles. The summed E-state index contributed by atoms with van der Waals surface area (Å²) in [5, 5.41) is 10.8. The fourth-order valence-electron chi connectivity index (χ4n) is 1.78. The zero-order valence-corrected chi connectivity index (χ0v) is 12.1. The molecule has 1 atom stereocenters. The van der Waals surface area contributed by atoms with E-state index in [9.17, 15) is 14.9 Å². The van der Waals surface area contributed by atoms with Crippen molar-refractivity contribution in [2.45, 2.75) is 40.2 Å². The number of hydrogen-bond acceptors (Lipinski definition) is 5. The number of ether oxygens (including phenoxy) is 2. The topological polar surface area (TPSA) is 78.7 Å². The lowest BCUT2D eigenvalue weighted by Crippen LogP contribution is -2.29. The highest BCUT2D eigenvalue weighted by Gasteiger charge is 2.22. The predicted molar refractivity (Wildman–Crippen MR) is 73.9 cm³/mol. The van der Waals surface area contributed by atoms with E-state index in [0.717, 1.165) is 0 Å². The van der Waals surface area contributed by atoms with Crippen LogP contribution in [-0.4, -0.2) is 23.6 Å². The number of carbonyl (C=O) groups excluding carboxylic acids is 1. The summed E-state index contributed by atoms with van der Waals surface area (Å²) < 4.78 is 10.6. The Morgan fingerprint density at radius 2 is 1.95 bits per heavy atom. The molecule has 0 N–H and O–H groups in total. The third kappa shape index (κ3) is 3.69. The van der Waals surface area contributed by atoms with E-state index in [1.165, 1.54) is 6.07 Å². The molecule has 0 heterocycles. The lowest BCUT2D eigenvalue weighted by Gasteiger charge is -2.17. The molecule has 0 fully saturated rings. The molecular weight excluding hydrogens is 262 g/mol. The Kier molecular flexibility index (Phi) is 5.49. The summed E-state index contributed by atoms with van der Waals surface area (Å²) in [7, 11) is 0. The van der Waals surface area contributed by atoms with Gasteiger partial charge in [0.2, 0.25) is 0 Å². The van der Waals surface area contributed by atoms with Crippen LogP contribution in [0.4, 0.5) is 5.69 Å². The first-order valence-electron chi connectivity index (χ1n) is 6.49. The molecule has 0 spiro atoms. The lowest BCUT2D eigenvalue weighted by molar-refractivity contribution is -0.385. The quantitative estimate of drug-likeness (QED) is 0.455. The van der Waals surface area contributed by atoms with E-state index in [1.807, 2.05) is 6.92 Å². The highest BCUT2D eigenvalue weighted by Crippen LogP contribution is 2.28. The number of aryl methyl sites for hydroxylation is 2. The van der Waals surface area contributed by atoms with Gasteiger partial charge in [-0.25, -0.2) is 4.79 Å². The monoisotopic (exact) mass is 281 g/mol. The van der Waals surface area contributed by atoms with Gasteiger partial charge in [-0.3, -0.25) is 10.1 Å². The highest BCUT2D eigenvalue weighted by atomic mass is 16.6. The predicted octanol–water partition coefficient (Wildman–Crippen LogP) is 2.93. The molecule has 0 amide bonds. The Labute approximate surface area is 117 Å². The van der Waals surface area contributed by atoms with Gasteiger partial charge in [0.25, 0.3) is 5.69 Å². The fraction of sp³-hybridized carbons (Fsp3) is 0.500. The molecule has 0 saturated heterocycles. The van der Waals surface area contributed by atoms with Crippen LogP contribution < -0.4 is 4.74 Å². The number of rotatable bonds is 6. The number of benzene rings is 1. The Hall–Kier alpha value is -2.11. The van der Waals surface area contributed by atoms with E-state index in [2.05, 4.69) is 0 Å². The van der Waals surface area contributed by atoms with Crippen molar-refractivity contribution in [3.8, 4) is 5.75 Å². The minimum Gasteiger partial charge on any atom is -0.478 e. The first-order valence-corrected chi connectivity index (χ1v) is 6.49. The third-order valence-electron chi connectivity index (χ3n) is 2.88. The number of esters is 1. The summed E-state index contributed by atoms with van der Waals surface area (Å²) in [5.74, 6) is 0.0402. The second-order valence-electron chi connectivity index (χ2n) is 4.43. The number of carbonyl (C=O) groups is 1. The van der Waals surface area contributed by atoms with E-state index < -0.39 is 17.0 Å². The molecule has 6 nitrogen and oxygen atoms in total. The minimum absolute atomic E-state index is 0.0408. The van der Waals surface area contributed by atoms with E-state index >= 15 is 0 Å². The molecule has 1 aromatic rings. The molecule has 0 saturated carbocycles. The Balaban J connectivity index is 3.00. The van der Waals surface area contributed by atoms with Crippen molar-refractivity contribution in [1.82, 2.24) is 0 Å². The molecule has 1 unspecified atom stereocenters. The average molecular weight is 281 g/mol. The molecule has 110 valence electrons. The summed E-state index contributed by atoms with van der Waals surface area (Å²) in [4.78, 5) is 22.1. The molecule has 1 aromatic carbocycles. The van der Waals surface area contributed by atoms with Crippen LogP contribution in [0, 0.1) is 24.0 Å². The van der Waals surface area contributed by atoms with Crippen molar-refractivity contribution < 1.29 is 19.2 Å². The molecular formula is C14H19NO5. The summed E-state index contributed by atoms with van der Waals surface area (Å²) in [6, 6.07) is 3.03. The van der Waals surface area contributed by atoms with Crippen LogP contribution >= 0.6 is 0 Å². The average Bonchev–Trinajstić information content (AvgIpc) is 2.39. The molecule has 0 aliphatic carbocycles. The van der Waals surface area contributed by atoms with Crippen molar-refractivity contribution in [2.24, 2.45) is 0 Å². The Morgan fingerprint density at radius 3 is 2.45 bits per heavy atom. The fourth-order valence-corrected chi connectivity index (χ4v) is 1.78. The Bertz CT molecular complexity index is 513. The maximum absolute atomic E-state index is 11.7. The number of hydrogen-bond donors (Lipinski definition) is 0. The molecule has 0 aromatic heterocycles. The van der Waals surface area contributed by atoms with E-state index in [1.54, 1.807) is 26.8 Å². The van der Waals surface area contributed by atoms with Crippen LogP contribution in [0.15, 0.2) is 12.1 Å². The zero-order valence-electron chi connectivity index (χ0n) is 12.1. The normalized spacial score (nSPS) is 11.8. The van der Waals surface area contributed by atoms with Crippen molar-refractivity contribution >= 4 is 11.7 Å². The van der Waals surface area contributed by atoms with Gasteiger partial charge in [0.15, 0.2) is 6.10 Å². The molecule has 20 heavy (non-hydrogen) atoms. The maximum Gasteiger partial charge on any atom is 0.347 e. The molecule has 6 heteroatoms. The van der Waals surface area contributed by atoms with Gasteiger partial charge in [0.1, 0.15) is 5.75 Å². The molecule has 0 aliphatic rings. The van der Waals surface area contributed by atoms with E-state index in [-0.39, 0.29) is 12.3 Å². The number of nitro benzene ring substituents is 1. The van der Waals surface area contributed by atoms with E-state index in [0.29, 0.717) is 23.3 Å². The van der Waals surface area contributed by atoms with Crippen LogP contribution in [0.5, 0.6) is 5.75 Å². The minimum atomic E-state index is -0.700. The molecule has 1 rings (SSSR count). The summed E-state index contributed by atoms with van der Waals surface area (Å²) in [6.07, 6.45) is -0.233. The summed E-state index contributed by atoms with van der Waals surface area (Å²) >= 11 is 0.